The van der Waals surface area contributed by atoms with Gasteiger partial charge in [0.05, 0.1) is 6.42 Å². The van der Waals surface area contributed by atoms with Crippen molar-refractivity contribution in [1.82, 2.24) is 9.88 Å². The number of aliphatic carboxylic acids is 1. The maximum absolute atomic E-state index is 14.8. The zero-order chi connectivity index (χ0) is 39.1. The molecule has 5 aliphatic carbocycles. The largest absolute Gasteiger partial charge is 0.481 e. The summed E-state index contributed by atoms with van der Waals surface area (Å²) in [5, 5.41) is 13.7. The Labute approximate surface area is 322 Å². The van der Waals surface area contributed by atoms with Crippen LogP contribution in [0.15, 0.2) is 42.0 Å². The number of ether oxygens (including phenoxy) is 1. The number of fused-ring (bicyclic) bond motifs is 8. The molecule has 4 fully saturated rings. The van der Waals surface area contributed by atoms with Gasteiger partial charge in [-0.3, -0.25) is 19.2 Å². The van der Waals surface area contributed by atoms with Gasteiger partial charge in [0.1, 0.15) is 6.10 Å². The number of esters is 1. The number of nitrogens with one attached hydrogen (secondary N) is 1. The number of ketones is 1. The summed E-state index contributed by atoms with van der Waals surface area (Å²) in [4.78, 5) is 52.4. The molecule has 1 amide bonds. The van der Waals surface area contributed by atoms with Crippen LogP contribution < -0.4 is 5.32 Å². The molecule has 0 unspecified atom stereocenters. The molecule has 1 aromatic carbocycles. The van der Waals surface area contributed by atoms with E-state index in [4.69, 9.17) is 4.74 Å². The summed E-state index contributed by atoms with van der Waals surface area (Å²) in [5.41, 5.74) is 2.23. The first-order valence-corrected chi connectivity index (χ1v) is 20.8. The van der Waals surface area contributed by atoms with Crippen molar-refractivity contribution in [2.24, 2.45) is 50.2 Å². The monoisotopic (exact) mass is 740 g/mol. The number of rotatable bonds is 9. The van der Waals surface area contributed by atoms with Crippen LogP contribution in [0.3, 0.4) is 0 Å². The van der Waals surface area contributed by atoms with E-state index in [0.717, 1.165) is 80.8 Å². The number of aryl methyl sites for hydroxylation is 2. The molecule has 0 bridgehead atoms. The van der Waals surface area contributed by atoms with Gasteiger partial charge < -0.3 is 19.7 Å². The molecule has 1 aromatic heterocycles. The van der Waals surface area contributed by atoms with Crippen molar-refractivity contribution in [2.75, 3.05) is 6.54 Å². The molecule has 5 aliphatic rings. The van der Waals surface area contributed by atoms with E-state index < -0.39 is 11.4 Å². The molecule has 2 N–H and O–H groups in total. The third kappa shape index (κ3) is 5.98. The number of carboxylic acids is 1. The summed E-state index contributed by atoms with van der Waals surface area (Å²) in [7, 11) is 0. The first kappa shape index (κ1) is 38.8. The van der Waals surface area contributed by atoms with Crippen LogP contribution >= 0.6 is 0 Å². The van der Waals surface area contributed by atoms with E-state index in [1.807, 2.05) is 12.1 Å². The lowest BCUT2D eigenvalue weighted by atomic mass is 9.33. The van der Waals surface area contributed by atoms with Gasteiger partial charge in [-0.1, -0.05) is 72.2 Å². The summed E-state index contributed by atoms with van der Waals surface area (Å²) in [6, 6.07) is 10.2. The molecule has 0 aliphatic heterocycles. The highest BCUT2D eigenvalue weighted by Crippen LogP contribution is 2.75. The van der Waals surface area contributed by atoms with Crippen LogP contribution in [0.1, 0.15) is 132 Å². The van der Waals surface area contributed by atoms with E-state index in [9.17, 15) is 24.3 Å². The smallest absolute Gasteiger partial charge is 0.303 e. The van der Waals surface area contributed by atoms with E-state index >= 15 is 0 Å². The Balaban J connectivity index is 1.09. The number of hydrogen-bond acceptors (Lipinski definition) is 5. The van der Waals surface area contributed by atoms with Crippen LogP contribution in [0.2, 0.25) is 0 Å². The normalized spacial score (nSPS) is 38.3. The Morgan fingerprint density at radius 2 is 1.67 bits per heavy atom. The first-order valence-electron chi connectivity index (χ1n) is 20.8. The number of carbonyl (C=O) groups excluding carboxylic acids is 3. The van der Waals surface area contributed by atoms with Crippen LogP contribution in [0.4, 0.5) is 0 Å². The summed E-state index contributed by atoms with van der Waals surface area (Å²) in [5.74, 6) is -0.272. The van der Waals surface area contributed by atoms with Gasteiger partial charge in [-0.15, -0.1) is 0 Å². The van der Waals surface area contributed by atoms with Crippen LogP contribution in [0, 0.1) is 50.2 Å². The Morgan fingerprint density at radius 1 is 0.944 bits per heavy atom. The highest BCUT2D eigenvalue weighted by Gasteiger charge is 2.70. The molecule has 0 saturated heterocycles. The van der Waals surface area contributed by atoms with Crippen molar-refractivity contribution in [1.29, 1.82) is 0 Å². The fourth-order valence-electron chi connectivity index (χ4n) is 13.4. The molecule has 4 saturated carbocycles. The number of carboxylic acid groups (broad SMARTS) is 1. The molecule has 294 valence electrons. The minimum absolute atomic E-state index is 0.0572. The van der Waals surface area contributed by atoms with Crippen molar-refractivity contribution in [3.8, 4) is 0 Å². The van der Waals surface area contributed by atoms with Gasteiger partial charge >= 0.3 is 11.9 Å². The van der Waals surface area contributed by atoms with E-state index in [-0.39, 0.29) is 75.0 Å². The molecule has 8 heteroatoms. The van der Waals surface area contributed by atoms with E-state index in [1.165, 1.54) is 12.5 Å². The summed E-state index contributed by atoms with van der Waals surface area (Å²) >= 11 is 0. The number of allylic oxidation sites excluding steroid dienone is 2. The Morgan fingerprint density at radius 3 is 2.39 bits per heavy atom. The fraction of sp³-hybridized carbons (Fsp3) is 0.696. The molecule has 7 rings (SSSR count). The number of benzene rings is 1. The van der Waals surface area contributed by atoms with Gasteiger partial charge in [0.2, 0.25) is 5.91 Å². The molecule has 8 nitrogen and oxygen atoms in total. The average molecular weight is 741 g/mol. The molecule has 1 heterocycles. The maximum atomic E-state index is 14.8. The van der Waals surface area contributed by atoms with Crippen LogP contribution in [0.25, 0.3) is 10.9 Å². The molecule has 54 heavy (non-hydrogen) atoms. The molecule has 9 atom stereocenters. The Hall–Kier alpha value is -3.42. The van der Waals surface area contributed by atoms with Crippen molar-refractivity contribution in [3.05, 3.63) is 47.7 Å². The fourth-order valence-corrected chi connectivity index (χ4v) is 13.4. The predicted molar refractivity (Wildman–Crippen MR) is 211 cm³/mol. The Bertz CT molecular complexity index is 1890. The van der Waals surface area contributed by atoms with Crippen molar-refractivity contribution in [3.63, 3.8) is 0 Å². The lowest BCUT2D eigenvalue weighted by molar-refractivity contribution is -0.210. The quantitative estimate of drug-likeness (QED) is 0.196. The van der Waals surface area contributed by atoms with Gasteiger partial charge in [0, 0.05) is 48.0 Å². The Kier molecular flexibility index (Phi) is 9.61. The van der Waals surface area contributed by atoms with Gasteiger partial charge in [-0.25, -0.2) is 0 Å². The highest BCUT2D eigenvalue weighted by molar-refractivity contribution is 5.96. The number of nitrogens with zero attached hydrogens (tertiary/aromatic N) is 1. The molecule has 0 spiro atoms. The second-order valence-electron chi connectivity index (χ2n) is 20.1. The predicted octanol–water partition coefficient (Wildman–Crippen LogP) is 9.08. The maximum Gasteiger partial charge on any atom is 0.303 e. The second kappa shape index (κ2) is 13.4. The molecule has 0 radical (unpaired) electrons. The van der Waals surface area contributed by atoms with E-state index in [1.54, 1.807) is 0 Å². The van der Waals surface area contributed by atoms with Crippen LogP contribution in [0.5, 0.6) is 0 Å². The highest BCUT2D eigenvalue weighted by atomic mass is 16.5. The van der Waals surface area contributed by atoms with Crippen molar-refractivity contribution in [2.45, 2.75) is 145 Å². The minimum atomic E-state index is -0.804. The first-order chi connectivity index (χ1) is 25.3. The van der Waals surface area contributed by atoms with E-state index in [0.29, 0.717) is 19.5 Å². The topological polar surface area (TPSA) is 115 Å². The lowest BCUT2D eigenvalue weighted by Gasteiger charge is -2.70. The molecular formula is C46H64N2O6. The lowest BCUT2D eigenvalue weighted by Crippen LogP contribution is -2.66. The molecular weight excluding hydrogens is 677 g/mol. The summed E-state index contributed by atoms with van der Waals surface area (Å²) in [6.07, 6.45) is 11.7. The SMILES string of the molecule is CC(=O)O[C@H]1CC[C@]2(C)[C@H]3C(=O)C=C4[C@@H]5C[C@@](C)(C(=O)NCCCn6c(CCC(=O)O)cc7ccccc76)CC[C@]5(C)CC[C@@]4(C)[C@]3(C)CC[C@H]2C1(C)C. The van der Waals surface area contributed by atoms with E-state index in [2.05, 4.69) is 82.6 Å². The number of carbonyl (C=O) groups is 4. The number of hydrogen-bond donors (Lipinski definition) is 2. The number of amides is 1. The second-order valence-corrected chi connectivity index (χ2v) is 20.1. The zero-order valence-corrected chi connectivity index (χ0v) is 34.1. The third-order valence-electron chi connectivity index (χ3n) is 16.7. The van der Waals surface area contributed by atoms with Crippen molar-refractivity contribution >= 4 is 34.5 Å². The summed E-state index contributed by atoms with van der Waals surface area (Å²) in [6.45, 7) is 19.1. The van der Waals surface area contributed by atoms with Gasteiger partial charge in [0.15, 0.2) is 5.78 Å². The standard InChI is InChI=1S/C46H64N2O6/c1-29(49)54-37-17-18-44(6)36(41(37,2)3)16-19-46(8)39(44)35(50)27-32-33-28-43(5,21-20-42(33,4)22-23-45(32,46)7)40(53)47-24-11-25-48-31(14-15-38(51)52)26-30-12-9-10-13-34(30)48/h9-10,12-13,26-27,33,36-37,39H,11,14-25,28H2,1-8H3,(H,47,53)(H,51,52)/t33-,36-,37-,39+,42+,43-,44-,45+,46+/m0/s1. The van der Waals surface area contributed by atoms with Crippen LogP contribution in [-0.2, 0) is 36.9 Å². The van der Waals surface area contributed by atoms with Gasteiger partial charge in [-0.05, 0) is 128 Å². The summed E-state index contributed by atoms with van der Waals surface area (Å²) < 4.78 is 8.11. The molecule has 2 aromatic rings. The van der Waals surface area contributed by atoms with Gasteiger partial charge in [-0.2, -0.15) is 0 Å². The number of para-hydroxylation sites is 1. The van der Waals surface area contributed by atoms with Gasteiger partial charge in [0.25, 0.3) is 0 Å². The third-order valence-corrected chi connectivity index (χ3v) is 16.7. The zero-order valence-electron chi connectivity index (χ0n) is 34.1. The average Bonchev–Trinajstić information content (AvgIpc) is 3.45. The van der Waals surface area contributed by atoms with Crippen LogP contribution in [-0.4, -0.2) is 46.0 Å². The minimum Gasteiger partial charge on any atom is -0.481 e. The van der Waals surface area contributed by atoms with Crippen molar-refractivity contribution < 1.29 is 29.0 Å². The number of aromatic nitrogens is 1.